The van der Waals surface area contributed by atoms with E-state index >= 15 is 0 Å². The molecule has 21 heavy (non-hydrogen) atoms. The van der Waals surface area contributed by atoms with Gasteiger partial charge in [0.05, 0.1) is 22.5 Å². The number of hydrogen-bond acceptors (Lipinski definition) is 2. The van der Waals surface area contributed by atoms with Gasteiger partial charge in [-0.15, -0.1) is 22.9 Å². The van der Waals surface area contributed by atoms with E-state index in [4.69, 9.17) is 28.2 Å². The third-order valence-electron chi connectivity index (χ3n) is 3.60. The Morgan fingerprint density at radius 1 is 1.33 bits per heavy atom. The van der Waals surface area contributed by atoms with Crippen LogP contribution < -0.4 is 0 Å². The van der Waals surface area contributed by atoms with Crippen molar-refractivity contribution in [3.05, 3.63) is 51.4 Å². The van der Waals surface area contributed by atoms with Gasteiger partial charge in [-0.25, -0.2) is 4.98 Å². The molecule has 2 heterocycles. The van der Waals surface area contributed by atoms with E-state index in [1.165, 1.54) is 4.88 Å². The molecule has 2 nitrogen and oxygen atoms in total. The van der Waals surface area contributed by atoms with Gasteiger partial charge in [-0.2, -0.15) is 0 Å². The highest BCUT2D eigenvalue weighted by Crippen LogP contribution is 2.35. The maximum Gasteiger partial charge on any atom is 0.128 e. The van der Waals surface area contributed by atoms with E-state index in [1.54, 1.807) is 11.3 Å². The summed E-state index contributed by atoms with van der Waals surface area (Å²) in [6.07, 6.45) is 0.991. The second-order valence-corrected chi connectivity index (χ2v) is 7.10. The van der Waals surface area contributed by atoms with Crippen molar-refractivity contribution in [3.63, 3.8) is 0 Å². The summed E-state index contributed by atoms with van der Waals surface area (Å²) < 4.78 is 2.26. The second kappa shape index (κ2) is 5.99. The molecule has 2 atom stereocenters. The van der Waals surface area contributed by atoms with E-state index in [-0.39, 0.29) is 11.4 Å². The van der Waals surface area contributed by atoms with Gasteiger partial charge in [0.1, 0.15) is 5.82 Å². The van der Waals surface area contributed by atoms with Gasteiger partial charge in [0.25, 0.3) is 0 Å². The third kappa shape index (κ3) is 2.70. The lowest BCUT2D eigenvalue weighted by atomic mass is 10.1. The van der Waals surface area contributed by atoms with E-state index in [0.717, 1.165) is 23.3 Å². The minimum atomic E-state index is -0.148. The lowest BCUT2D eigenvalue weighted by Crippen LogP contribution is -2.12. The van der Waals surface area contributed by atoms with Crippen molar-refractivity contribution in [2.75, 3.05) is 0 Å². The highest BCUT2D eigenvalue weighted by molar-refractivity contribution is 7.10. The zero-order valence-electron chi connectivity index (χ0n) is 11.9. The molecule has 0 amide bonds. The van der Waals surface area contributed by atoms with Crippen molar-refractivity contribution in [2.45, 2.75) is 31.7 Å². The van der Waals surface area contributed by atoms with Crippen LogP contribution >= 0.6 is 34.5 Å². The number of imidazole rings is 1. The Hall–Kier alpha value is -1.03. The fourth-order valence-corrected chi connectivity index (χ4v) is 3.91. The number of alkyl halides is 1. The van der Waals surface area contributed by atoms with Gasteiger partial charge in [0.2, 0.25) is 0 Å². The Bertz CT molecular complexity index is 747. The molecule has 2 aromatic heterocycles. The summed E-state index contributed by atoms with van der Waals surface area (Å²) in [6, 6.07) is 10.4. The molecule has 0 bridgehead atoms. The number of rotatable bonds is 4. The molecule has 3 aromatic rings. The molecule has 0 N–H and O–H groups in total. The van der Waals surface area contributed by atoms with Gasteiger partial charge in [-0.05, 0) is 43.0 Å². The van der Waals surface area contributed by atoms with Gasteiger partial charge in [0, 0.05) is 9.90 Å². The van der Waals surface area contributed by atoms with Crippen LogP contribution in [0.25, 0.3) is 11.0 Å². The maximum atomic E-state index is 6.37. The van der Waals surface area contributed by atoms with Crippen LogP contribution in [-0.4, -0.2) is 9.55 Å². The maximum absolute atomic E-state index is 6.37. The first-order valence-electron chi connectivity index (χ1n) is 6.96. The molecule has 0 radical (unpaired) electrons. The standard InChI is InChI=1S/C16H16Cl2N2S/c1-3-13(15-5-4-8-21-15)20-14-7-6-11(18)9-12(14)19-16(20)10(2)17/h4-10,13H,3H2,1-2H3. The minimum absolute atomic E-state index is 0.148. The molecule has 0 spiro atoms. The molecule has 110 valence electrons. The van der Waals surface area contributed by atoms with E-state index in [9.17, 15) is 0 Å². The summed E-state index contributed by atoms with van der Waals surface area (Å²) in [6.45, 7) is 4.15. The molecule has 3 rings (SSSR count). The highest BCUT2D eigenvalue weighted by Gasteiger charge is 2.22. The molecule has 1 aromatic carbocycles. The monoisotopic (exact) mass is 338 g/mol. The lowest BCUT2D eigenvalue weighted by molar-refractivity contribution is 0.564. The topological polar surface area (TPSA) is 17.8 Å². The Balaban J connectivity index is 2.26. The summed E-state index contributed by atoms with van der Waals surface area (Å²) in [5, 5.41) is 2.66. The number of hydrogen-bond donors (Lipinski definition) is 0. The van der Waals surface area contributed by atoms with Crippen LogP contribution in [0.2, 0.25) is 5.02 Å². The first-order chi connectivity index (χ1) is 10.1. The third-order valence-corrected chi connectivity index (χ3v) is 5.01. The fraction of sp³-hybridized carbons (Fsp3) is 0.312. The average molecular weight is 339 g/mol. The zero-order chi connectivity index (χ0) is 15.0. The van der Waals surface area contributed by atoms with E-state index in [2.05, 4.69) is 29.0 Å². The van der Waals surface area contributed by atoms with E-state index < -0.39 is 0 Å². The van der Waals surface area contributed by atoms with E-state index in [0.29, 0.717) is 5.02 Å². The van der Waals surface area contributed by atoms with Crippen LogP contribution in [0.3, 0.4) is 0 Å². The number of aromatic nitrogens is 2. The fourth-order valence-electron chi connectivity index (χ4n) is 2.69. The normalized spacial score (nSPS) is 14.5. The number of halogens is 2. The van der Waals surface area contributed by atoms with Crippen molar-refractivity contribution >= 4 is 45.6 Å². The zero-order valence-corrected chi connectivity index (χ0v) is 14.2. The number of benzene rings is 1. The number of fused-ring (bicyclic) bond motifs is 1. The second-order valence-electron chi connectivity index (χ2n) is 5.03. The molecule has 0 aliphatic rings. The molecular weight excluding hydrogens is 323 g/mol. The largest absolute Gasteiger partial charge is 0.318 e. The highest BCUT2D eigenvalue weighted by atomic mass is 35.5. The summed E-state index contributed by atoms with van der Waals surface area (Å²) in [4.78, 5) is 6.03. The van der Waals surface area contributed by atoms with Crippen LogP contribution in [0, 0.1) is 0 Å². The molecule has 0 saturated heterocycles. The predicted octanol–water partition coefficient (Wildman–Crippen LogP) is 6.05. The average Bonchev–Trinajstić information content (AvgIpc) is 3.08. The summed E-state index contributed by atoms with van der Waals surface area (Å²) in [7, 11) is 0. The Morgan fingerprint density at radius 2 is 2.14 bits per heavy atom. The van der Waals surface area contributed by atoms with Crippen molar-refractivity contribution in [1.29, 1.82) is 0 Å². The van der Waals surface area contributed by atoms with Crippen molar-refractivity contribution in [3.8, 4) is 0 Å². The smallest absolute Gasteiger partial charge is 0.128 e. The van der Waals surface area contributed by atoms with Gasteiger partial charge in [-0.3, -0.25) is 0 Å². The van der Waals surface area contributed by atoms with E-state index in [1.807, 2.05) is 25.1 Å². The predicted molar refractivity (Wildman–Crippen MR) is 91.8 cm³/mol. The molecule has 5 heteroatoms. The molecule has 2 unspecified atom stereocenters. The van der Waals surface area contributed by atoms with Gasteiger partial charge >= 0.3 is 0 Å². The van der Waals surface area contributed by atoms with Crippen LogP contribution in [-0.2, 0) is 0 Å². The van der Waals surface area contributed by atoms with Crippen LogP contribution in [0.4, 0.5) is 0 Å². The van der Waals surface area contributed by atoms with Crippen molar-refractivity contribution in [1.82, 2.24) is 9.55 Å². The van der Waals surface area contributed by atoms with Crippen LogP contribution in [0.15, 0.2) is 35.7 Å². The molecule has 0 fully saturated rings. The SMILES string of the molecule is CCC(c1cccs1)n1c(C(C)Cl)nc2cc(Cl)ccc21. The lowest BCUT2D eigenvalue weighted by Gasteiger charge is -2.20. The van der Waals surface area contributed by atoms with Crippen LogP contribution in [0.5, 0.6) is 0 Å². The Kier molecular flexibility index (Phi) is 4.25. The van der Waals surface area contributed by atoms with Crippen molar-refractivity contribution in [2.24, 2.45) is 0 Å². The summed E-state index contributed by atoms with van der Waals surface area (Å²) in [5.74, 6) is 0.897. The summed E-state index contributed by atoms with van der Waals surface area (Å²) in [5.41, 5.74) is 1.99. The van der Waals surface area contributed by atoms with Gasteiger partial charge < -0.3 is 4.57 Å². The summed E-state index contributed by atoms with van der Waals surface area (Å²) >= 11 is 14.2. The quantitative estimate of drug-likeness (QED) is 0.529. The van der Waals surface area contributed by atoms with Crippen molar-refractivity contribution < 1.29 is 0 Å². The van der Waals surface area contributed by atoms with Crippen LogP contribution in [0.1, 0.15) is 42.4 Å². The minimum Gasteiger partial charge on any atom is -0.318 e. The number of nitrogens with zero attached hydrogens (tertiary/aromatic N) is 2. The molecule has 0 aliphatic heterocycles. The van der Waals surface area contributed by atoms with Gasteiger partial charge in [-0.1, -0.05) is 24.6 Å². The first kappa shape index (κ1) is 14.9. The Labute approximate surface area is 138 Å². The molecule has 0 saturated carbocycles. The van der Waals surface area contributed by atoms with Gasteiger partial charge in [0.15, 0.2) is 0 Å². The molecule has 0 aliphatic carbocycles. The number of thiophene rings is 1. The Morgan fingerprint density at radius 3 is 2.76 bits per heavy atom. The molecular formula is C16H16Cl2N2S. The first-order valence-corrected chi connectivity index (χ1v) is 8.66.